The van der Waals surface area contributed by atoms with Crippen LogP contribution in [0.15, 0.2) is 65.1 Å². The highest BCUT2D eigenvalue weighted by Crippen LogP contribution is 2.36. The molecule has 7 nitrogen and oxygen atoms in total. The third kappa shape index (κ3) is 5.38. The Morgan fingerprint density at radius 3 is 2.76 bits per heavy atom. The number of carbonyl (C=O) groups excluding carboxylic acids is 1. The first kappa shape index (κ1) is 22.5. The molecule has 0 radical (unpaired) electrons. The number of nitrogens with zero attached hydrogens (tertiary/aromatic N) is 1. The zero-order valence-electron chi connectivity index (χ0n) is 18.3. The first-order valence-corrected chi connectivity index (χ1v) is 10.8. The summed E-state index contributed by atoms with van der Waals surface area (Å²) in [5.74, 6) is 0.825. The zero-order valence-corrected chi connectivity index (χ0v) is 19.0. The van der Waals surface area contributed by atoms with Gasteiger partial charge in [-0.25, -0.2) is 9.78 Å². The molecular weight excluding hydrogens is 444 g/mol. The van der Waals surface area contributed by atoms with Gasteiger partial charge in [-0.3, -0.25) is 0 Å². The van der Waals surface area contributed by atoms with Crippen molar-refractivity contribution in [3.05, 3.63) is 71.2 Å². The van der Waals surface area contributed by atoms with E-state index in [1.807, 2.05) is 54.6 Å². The first-order chi connectivity index (χ1) is 16.1. The van der Waals surface area contributed by atoms with Gasteiger partial charge in [0.2, 0.25) is 5.89 Å². The van der Waals surface area contributed by atoms with E-state index in [0.717, 1.165) is 27.9 Å². The van der Waals surface area contributed by atoms with E-state index in [0.29, 0.717) is 29.0 Å². The average Bonchev–Trinajstić information content (AvgIpc) is 3.26. The molecule has 170 valence electrons. The Hall–Kier alpha value is -3.71. The first-order valence-electron chi connectivity index (χ1n) is 10.4. The number of fused-ring (bicyclic) bond motifs is 1. The molecule has 0 saturated heterocycles. The van der Waals surface area contributed by atoms with Crippen LogP contribution in [0.1, 0.15) is 12.5 Å². The van der Waals surface area contributed by atoms with Crippen LogP contribution in [-0.4, -0.2) is 31.3 Å². The highest BCUT2D eigenvalue weighted by molar-refractivity contribution is 6.32. The van der Waals surface area contributed by atoms with Crippen LogP contribution in [0, 0.1) is 0 Å². The molecule has 0 spiro atoms. The number of nitrogens with one attached hydrogen (secondary N) is 1. The summed E-state index contributed by atoms with van der Waals surface area (Å²) in [5, 5.41) is 3.71. The van der Waals surface area contributed by atoms with Gasteiger partial charge in [-0.05, 0) is 55.0 Å². The molecule has 0 aliphatic carbocycles. The molecule has 0 atom stereocenters. The molecule has 0 unspecified atom stereocenters. The normalized spacial score (nSPS) is 10.8. The highest BCUT2D eigenvalue weighted by atomic mass is 35.5. The molecule has 1 N–H and O–H groups in total. The molecule has 8 heteroatoms. The third-order valence-electron chi connectivity index (χ3n) is 4.83. The second kappa shape index (κ2) is 10.3. The van der Waals surface area contributed by atoms with Gasteiger partial charge in [0.25, 0.3) is 0 Å². The number of hydrogen-bond acceptors (Lipinski definition) is 7. The van der Waals surface area contributed by atoms with Crippen LogP contribution >= 0.6 is 11.6 Å². The maximum Gasteiger partial charge on any atom is 0.344 e. The van der Waals surface area contributed by atoms with E-state index < -0.39 is 5.97 Å². The second-order valence-corrected chi connectivity index (χ2v) is 7.53. The van der Waals surface area contributed by atoms with Crippen LogP contribution in [0.5, 0.6) is 11.5 Å². The molecule has 1 aromatic heterocycles. The molecule has 0 amide bonds. The van der Waals surface area contributed by atoms with Crippen molar-refractivity contribution in [2.24, 2.45) is 0 Å². The van der Waals surface area contributed by atoms with E-state index in [1.165, 1.54) is 7.11 Å². The minimum Gasteiger partial charge on any atom is -0.493 e. The number of methoxy groups -OCH3 is 1. The van der Waals surface area contributed by atoms with Crippen molar-refractivity contribution < 1.29 is 23.4 Å². The number of rotatable bonds is 9. The summed E-state index contributed by atoms with van der Waals surface area (Å²) in [5.41, 5.74) is 4.21. The molecule has 0 fully saturated rings. The number of benzene rings is 3. The molecule has 0 saturated carbocycles. The number of anilines is 1. The fourth-order valence-electron chi connectivity index (χ4n) is 3.31. The number of oxazole rings is 1. The lowest BCUT2D eigenvalue weighted by atomic mass is 10.1. The van der Waals surface area contributed by atoms with Gasteiger partial charge < -0.3 is 23.9 Å². The van der Waals surface area contributed by atoms with E-state index in [9.17, 15) is 4.79 Å². The maximum absolute atomic E-state index is 11.6. The molecule has 0 bridgehead atoms. The van der Waals surface area contributed by atoms with Gasteiger partial charge in [-0.15, -0.1) is 0 Å². The molecule has 4 rings (SSSR count). The van der Waals surface area contributed by atoms with Crippen molar-refractivity contribution in [2.75, 3.05) is 25.6 Å². The summed E-state index contributed by atoms with van der Waals surface area (Å²) >= 11 is 6.39. The van der Waals surface area contributed by atoms with Crippen molar-refractivity contribution in [1.29, 1.82) is 0 Å². The number of aromatic nitrogens is 1. The molecular formula is C25H23ClN2O5. The molecule has 33 heavy (non-hydrogen) atoms. The Kier molecular flexibility index (Phi) is 7.00. The summed E-state index contributed by atoms with van der Waals surface area (Å²) in [6.07, 6.45) is 0. The van der Waals surface area contributed by atoms with E-state index in [4.69, 9.17) is 30.2 Å². The standard InChI is InChI=1S/C25H23ClN2O5/c1-3-31-23(29)15-32-24-19(26)11-16(12-22(24)30-2)14-27-18-8-6-7-17(13-18)25-28-20-9-4-5-10-21(20)33-25/h4-13,27H,3,14-15H2,1-2H3. The van der Waals surface area contributed by atoms with Gasteiger partial charge in [-0.2, -0.15) is 0 Å². The Labute approximate surface area is 196 Å². The summed E-state index contributed by atoms with van der Waals surface area (Å²) in [7, 11) is 1.52. The van der Waals surface area contributed by atoms with E-state index in [2.05, 4.69) is 10.3 Å². The number of hydrogen-bond donors (Lipinski definition) is 1. The fourth-order valence-corrected chi connectivity index (χ4v) is 3.60. The van der Waals surface area contributed by atoms with Gasteiger partial charge in [0.05, 0.1) is 18.7 Å². The minimum absolute atomic E-state index is 0.246. The topological polar surface area (TPSA) is 82.8 Å². The van der Waals surface area contributed by atoms with E-state index in [-0.39, 0.29) is 13.2 Å². The van der Waals surface area contributed by atoms with Crippen LogP contribution < -0.4 is 14.8 Å². The van der Waals surface area contributed by atoms with Gasteiger partial charge in [0.15, 0.2) is 23.7 Å². The highest BCUT2D eigenvalue weighted by Gasteiger charge is 2.15. The predicted octanol–water partition coefficient (Wildman–Crippen LogP) is 5.71. The summed E-state index contributed by atoms with van der Waals surface area (Å²) in [6.45, 7) is 2.26. The Morgan fingerprint density at radius 1 is 1.12 bits per heavy atom. The monoisotopic (exact) mass is 466 g/mol. The third-order valence-corrected chi connectivity index (χ3v) is 5.11. The number of halogens is 1. The number of para-hydroxylation sites is 2. The van der Waals surface area contributed by atoms with Crippen LogP contribution in [0.3, 0.4) is 0 Å². The lowest BCUT2D eigenvalue weighted by Crippen LogP contribution is -2.15. The van der Waals surface area contributed by atoms with Gasteiger partial charge in [0.1, 0.15) is 5.52 Å². The molecule has 1 heterocycles. The molecule has 0 aliphatic heterocycles. The molecule has 3 aromatic carbocycles. The Balaban J connectivity index is 1.47. The minimum atomic E-state index is -0.472. The second-order valence-electron chi connectivity index (χ2n) is 7.12. The average molecular weight is 467 g/mol. The quantitative estimate of drug-likeness (QED) is 0.316. The van der Waals surface area contributed by atoms with Crippen molar-refractivity contribution in [2.45, 2.75) is 13.5 Å². The largest absolute Gasteiger partial charge is 0.493 e. The van der Waals surface area contributed by atoms with E-state index in [1.54, 1.807) is 13.0 Å². The zero-order chi connectivity index (χ0) is 23.2. The van der Waals surface area contributed by atoms with Gasteiger partial charge in [-0.1, -0.05) is 29.8 Å². The van der Waals surface area contributed by atoms with Gasteiger partial charge in [0, 0.05) is 17.8 Å². The predicted molar refractivity (Wildman–Crippen MR) is 127 cm³/mol. The summed E-state index contributed by atoms with van der Waals surface area (Å²) < 4.78 is 21.7. The maximum atomic E-state index is 11.6. The SMILES string of the molecule is CCOC(=O)COc1c(Cl)cc(CNc2cccc(-c3nc4ccccc4o3)c2)cc1OC. The summed E-state index contributed by atoms with van der Waals surface area (Å²) in [4.78, 5) is 16.1. The molecule has 4 aromatic rings. The molecule has 0 aliphatic rings. The lowest BCUT2D eigenvalue weighted by Gasteiger charge is -2.14. The Bertz CT molecular complexity index is 1240. The summed E-state index contributed by atoms with van der Waals surface area (Å²) in [6, 6.07) is 19.1. The van der Waals surface area contributed by atoms with Crippen molar-refractivity contribution >= 4 is 34.4 Å². The van der Waals surface area contributed by atoms with Crippen LogP contribution in [0.25, 0.3) is 22.6 Å². The smallest absolute Gasteiger partial charge is 0.344 e. The van der Waals surface area contributed by atoms with Crippen molar-refractivity contribution in [3.8, 4) is 23.0 Å². The van der Waals surface area contributed by atoms with Gasteiger partial charge >= 0.3 is 5.97 Å². The van der Waals surface area contributed by atoms with Crippen LogP contribution in [0.4, 0.5) is 5.69 Å². The van der Waals surface area contributed by atoms with Crippen molar-refractivity contribution in [3.63, 3.8) is 0 Å². The number of carbonyl (C=O) groups is 1. The lowest BCUT2D eigenvalue weighted by molar-refractivity contribution is -0.145. The number of ether oxygens (including phenoxy) is 3. The van der Waals surface area contributed by atoms with Crippen LogP contribution in [0.2, 0.25) is 5.02 Å². The van der Waals surface area contributed by atoms with Crippen molar-refractivity contribution in [1.82, 2.24) is 4.98 Å². The Morgan fingerprint density at radius 2 is 1.97 bits per heavy atom. The van der Waals surface area contributed by atoms with E-state index >= 15 is 0 Å². The number of esters is 1. The van der Waals surface area contributed by atoms with Crippen LogP contribution in [-0.2, 0) is 16.1 Å². The fraction of sp³-hybridized carbons (Fsp3) is 0.200.